The Morgan fingerprint density at radius 3 is 1.04 bits per heavy atom. The lowest BCUT2D eigenvalue weighted by molar-refractivity contribution is 0.00578. The van der Waals surface area contributed by atoms with Crippen LogP contribution >= 0.6 is 0 Å². The van der Waals surface area contributed by atoms with Gasteiger partial charge in [-0.25, -0.2) is 0 Å². The maximum Gasteiger partial charge on any atom is 0.494 e. The molecule has 4 rings (SSSR count). The van der Waals surface area contributed by atoms with Crippen LogP contribution in [0, 0.1) is 0 Å². The summed E-state index contributed by atoms with van der Waals surface area (Å²) < 4.78 is 12.3. The molecule has 55 heteroatoms. The number of hydrogen-bond donors (Lipinski definition) is 0. The van der Waals surface area contributed by atoms with E-state index in [-0.39, 0.29) is 18.3 Å². The molecule has 3 nitrogen and oxygen atoms in total. The number of benzene rings is 1. The summed E-state index contributed by atoms with van der Waals surface area (Å²) in [6.45, 7) is 8.36. The zero-order chi connectivity index (χ0) is 56.8. The van der Waals surface area contributed by atoms with E-state index < -0.39 is 153 Å². The Kier molecular flexibility index (Phi) is 28.6. The molecule has 0 atom stereocenters. The fourth-order valence-electron chi connectivity index (χ4n) is 11.9. The van der Waals surface area contributed by atoms with E-state index in [1.807, 2.05) is 12.3 Å². The quantitative estimate of drug-likeness (QED) is 0.0932. The minimum absolute atomic E-state index is 0.296. The van der Waals surface area contributed by atoms with Gasteiger partial charge in [0, 0.05) is 373 Å². The molecule has 0 bridgehead atoms. The predicted octanol–water partition coefficient (Wildman–Crippen LogP) is -16.3. The van der Waals surface area contributed by atoms with Crippen LogP contribution < -0.4 is 5.46 Å². The first-order chi connectivity index (χ1) is 34.1. The van der Waals surface area contributed by atoms with Crippen LogP contribution in [0.4, 0.5) is 0 Å². The van der Waals surface area contributed by atoms with Crippen molar-refractivity contribution < 1.29 is 9.31 Å². The summed E-state index contributed by atoms with van der Waals surface area (Å²) in [4.78, 5) is 4.57. The minimum Gasteiger partial charge on any atom is -0.399 e. The van der Waals surface area contributed by atoms with Crippen molar-refractivity contribution in [2.24, 2.45) is 0 Å². The van der Waals surface area contributed by atoms with E-state index in [1.165, 1.54) is 16.7 Å². The van der Waals surface area contributed by atoms with Crippen molar-refractivity contribution in [2.75, 3.05) is 0 Å². The number of fused-ring (bicyclic) bond motifs is 3. The summed E-state index contributed by atoms with van der Waals surface area (Å²) in [5.74, 6) is 0. The van der Waals surface area contributed by atoms with Gasteiger partial charge in [-0.2, -0.15) is 0 Å². The molecule has 2 heterocycles. The smallest absolute Gasteiger partial charge is 0.399 e. The topological polar surface area (TPSA) is 31.4 Å². The molecule has 0 amide bonds. The standard InChI is InChI=1S/C19H22BNO2.B51/c1-18(2)19(3,4)23-20(22-18)15-9-10-16-14(12-15)8-7-13-6-5-11-21-17(13)16;1-27-40(26)47(41(28(2)3)29(4)5)50(46(38(22)23)39(24)25)51(48(42(30(6)7)31(8)9)43(32(10)11)33(12)13)49(44(34(14)15)35(16)17)45(36(18)19)37(20)21/h5-6,9-12H,7-8H2,1-4H3;. The summed E-state index contributed by atoms with van der Waals surface area (Å²) in [5.41, 5.74) is 5.53. The van der Waals surface area contributed by atoms with Gasteiger partial charge in [0.15, 0.2) is 0 Å². The molecule has 1 saturated heterocycles. The minimum atomic E-state index is -1.36. The fourth-order valence-corrected chi connectivity index (χ4v) is 11.9. The summed E-state index contributed by atoms with van der Waals surface area (Å²) >= 11 is 0. The highest BCUT2D eigenvalue weighted by Crippen LogP contribution is 2.37. The van der Waals surface area contributed by atoms with Crippen LogP contribution in [0.3, 0.4) is 0 Å². The Bertz CT molecular complexity index is 1840. The second kappa shape index (κ2) is 30.3. The molecule has 53 radical (unpaired) electrons. The highest BCUT2D eigenvalue weighted by atomic mass is 16.7. The Balaban J connectivity index is 0.000000510. The molecule has 1 aliphatic carbocycles. The second-order valence-corrected chi connectivity index (χ2v) is 21.6. The fraction of sp³-hybridized carbons (Fsp3) is 0.421. The summed E-state index contributed by atoms with van der Waals surface area (Å²) in [6.07, 6.45) is -26.7. The van der Waals surface area contributed by atoms with E-state index in [4.69, 9.17) is 210 Å². The Morgan fingerprint density at radius 2 is 0.716 bits per heavy atom. The molecular formula is C19H22B52NO2. The van der Waals surface area contributed by atoms with Crippen molar-refractivity contribution in [1.29, 1.82) is 0 Å². The van der Waals surface area contributed by atoms with Gasteiger partial charge in [-0.3, -0.25) is 4.98 Å². The summed E-state index contributed by atoms with van der Waals surface area (Å²) in [7, 11) is 168. The molecule has 1 aromatic carbocycles. The van der Waals surface area contributed by atoms with Gasteiger partial charge >= 0.3 is 7.12 Å². The average Bonchev–Trinajstić information content (AvgIpc) is 3.48. The Morgan fingerprint density at radius 1 is 0.419 bits per heavy atom. The molecular weight excluding hydrogens is 836 g/mol. The van der Waals surface area contributed by atoms with Gasteiger partial charge in [-0.05, 0) is 63.2 Å². The highest BCUT2D eigenvalue weighted by Gasteiger charge is 2.60. The maximum absolute atomic E-state index is 6.79. The van der Waals surface area contributed by atoms with E-state index in [0.29, 0.717) is 0 Å². The van der Waals surface area contributed by atoms with Crippen molar-refractivity contribution in [3.8, 4) is 11.3 Å². The van der Waals surface area contributed by atoms with Crippen LogP contribution in [-0.4, -0.2) is 385 Å². The number of nitrogens with zero attached hydrogens (tertiary/aromatic N) is 1. The predicted molar refractivity (Wildman–Crippen MR) is 386 cm³/mol. The lowest BCUT2D eigenvalue weighted by Crippen LogP contribution is -2.95. The zero-order valence-corrected chi connectivity index (χ0v) is 43.7. The number of hydrogen-bond acceptors (Lipinski definition) is 3. The van der Waals surface area contributed by atoms with Crippen LogP contribution in [0.1, 0.15) is 38.8 Å². The number of aryl methyl sites for hydroxylation is 2. The summed E-state index contributed by atoms with van der Waals surface area (Å²) in [5, 5.41) is 0. The first-order valence-electron chi connectivity index (χ1n) is 25.0. The molecule has 271 valence electrons. The molecule has 1 aromatic heterocycles. The lowest BCUT2D eigenvalue weighted by atomic mass is 8.24. The third-order valence-electron chi connectivity index (χ3n) is 15.9. The average molecular weight is 859 g/mol. The zero-order valence-electron chi connectivity index (χ0n) is 43.7. The molecule has 74 heavy (non-hydrogen) atoms. The van der Waals surface area contributed by atoms with Gasteiger partial charge in [0.1, 0.15) is 0 Å². The van der Waals surface area contributed by atoms with Crippen molar-refractivity contribution in [2.45, 2.75) is 51.7 Å². The van der Waals surface area contributed by atoms with Crippen LogP contribution in [0.5, 0.6) is 0 Å². The van der Waals surface area contributed by atoms with Crippen molar-refractivity contribution in [1.82, 2.24) is 4.98 Å². The maximum atomic E-state index is 6.79. The summed E-state index contributed by atoms with van der Waals surface area (Å²) in [6, 6.07) is 10.7. The molecule has 0 saturated carbocycles. The van der Waals surface area contributed by atoms with E-state index in [2.05, 4.69) is 56.9 Å². The van der Waals surface area contributed by atoms with Gasteiger partial charge in [-0.15, -0.1) is 0 Å². The first-order valence-corrected chi connectivity index (χ1v) is 25.0. The highest BCUT2D eigenvalue weighted by molar-refractivity contribution is 8.35. The van der Waals surface area contributed by atoms with Crippen molar-refractivity contribution in [3.63, 3.8) is 0 Å². The number of pyridine rings is 1. The van der Waals surface area contributed by atoms with Crippen LogP contribution in [-0.2, 0) is 22.2 Å². The largest absolute Gasteiger partial charge is 0.494 e. The third-order valence-corrected chi connectivity index (χ3v) is 15.9. The SMILES string of the molecule is CC1(C)OB(c2ccc3c(c2)CCc2cccnc2-3)OC1(C)C.[B][B]B([B])B(B(B([B])[B])B([B])[B])B(B(B([B])[B])B([B])[B])B(B(B(B([B])[B])B([B])[B])B(B([B])[B])B([B])[B])B(B(B([B])[B])B([B])[B])B(B([B])[B])B([B])[B]. The van der Waals surface area contributed by atoms with E-state index in [1.54, 1.807) is 0 Å². The van der Waals surface area contributed by atoms with E-state index >= 15 is 0 Å². The third kappa shape index (κ3) is 16.9. The van der Waals surface area contributed by atoms with Crippen molar-refractivity contribution in [3.05, 3.63) is 47.7 Å². The molecule has 1 aliphatic heterocycles. The van der Waals surface area contributed by atoms with Gasteiger partial charge in [0.25, 0.3) is 0 Å². The number of rotatable bonds is 25. The Labute approximate surface area is 495 Å². The molecule has 0 N–H and O–H groups in total. The van der Waals surface area contributed by atoms with Gasteiger partial charge < -0.3 is 9.31 Å². The number of aromatic nitrogens is 1. The van der Waals surface area contributed by atoms with E-state index in [0.717, 1.165) is 31.1 Å². The van der Waals surface area contributed by atoms with Crippen LogP contribution in [0.25, 0.3) is 11.3 Å². The first kappa shape index (κ1) is 69.9. The van der Waals surface area contributed by atoms with E-state index in [9.17, 15) is 0 Å². The Hall–Kier alpha value is 1.67. The van der Waals surface area contributed by atoms with Gasteiger partial charge in [-0.1, -0.05) is 24.3 Å². The monoisotopic (exact) mass is 869 g/mol. The molecule has 2 aliphatic rings. The van der Waals surface area contributed by atoms with Gasteiger partial charge in [0.2, 0.25) is 0 Å². The molecule has 0 spiro atoms. The molecule has 2 aromatic rings. The van der Waals surface area contributed by atoms with Gasteiger partial charge in [0.05, 0.1) is 16.9 Å². The lowest BCUT2D eigenvalue weighted by Gasteiger charge is -2.57. The second-order valence-electron chi connectivity index (χ2n) is 21.6. The van der Waals surface area contributed by atoms with Crippen molar-refractivity contribution >= 4 is 374 Å². The van der Waals surface area contributed by atoms with Crippen LogP contribution in [0.2, 0.25) is 0 Å². The molecule has 1 fully saturated rings. The normalized spacial score (nSPS) is 13.2. The van der Waals surface area contributed by atoms with Crippen LogP contribution in [0.15, 0.2) is 36.5 Å². The molecule has 0 unspecified atom stereocenters.